The summed E-state index contributed by atoms with van der Waals surface area (Å²) in [7, 11) is 0. The highest BCUT2D eigenvalue weighted by Gasteiger charge is 2.13. The van der Waals surface area contributed by atoms with E-state index in [1.807, 2.05) is 13.0 Å². The minimum atomic E-state index is 0. The topological polar surface area (TPSA) is 68.9 Å². The number of nitrogens with one attached hydrogen (secondary N) is 1. The fourth-order valence-electron chi connectivity index (χ4n) is 2.95. The summed E-state index contributed by atoms with van der Waals surface area (Å²) >= 11 is 0. The van der Waals surface area contributed by atoms with E-state index in [9.17, 15) is 0 Å². The van der Waals surface area contributed by atoms with E-state index >= 15 is 0 Å². The highest BCUT2D eigenvalue weighted by atomic mass is 127. The second-order valence-corrected chi connectivity index (χ2v) is 6.34. The second-order valence-electron chi connectivity index (χ2n) is 6.34. The van der Waals surface area contributed by atoms with Gasteiger partial charge in [-0.3, -0.25) is 0 Å². The number of aryl methyl sites for hydroxylation is 1. The van der Waals surface area contributed by atoms with E-state index in [2.05, 4.69) is 29.4 Å². The molecule has 1 fully saturated rings. The molecule has 0 bridgehead atoms. The largest absolute Gasteiger partial charge is 0.491 e. The third kappa shape index (κ3) is 8.27. The van der Waals surface area contributed by atoms with Crippen LogP contribution in [-0.4, -0.2) is 31.8 Å². The van der Waals surface area contributed by atoms with Gasteiger partial charge in [0.2, 0.25) is 0 Å². The van der Waals surface area contributed by atoms with Crippen molar-refractivity contribution in [3.63, 3.8) is 0 Å². The van der Waals surface area contributed by atoms with Gasteiger partial charge in [0.25, 0.3) is 0 Å². The molecule has 25 heavy (non-hydrogen) atoms. The Morgan fingerprint density at radius 2 is 2.00 bits per heavy atom. The third-order valence-electron chi connectivity index (χ3n) is 4.29. The Kier molecular flexibility index (Phi) is 10.9. The van der Waals surface area contributed by atoms with Crippen LogP contribution in [-0.2, 0) is 11.3 Å². The molecule has 3 N–H and O–H groups in total. The van der Waals surface area contributed by atoms with Crippen LogP contribution in [0.3, 0.4) is 0 Å². The van der Waals surface area contributed by atoms with E-state index in [1.54, 1.807) is 0 Å². The lowest BCUT2D eigenvalue weighted by Gasteiger charge is -2.23. The lowest BCUT2D eigenvalue weighted by atomic mass is 9.96. The average molecular weight is 461 g/mol. The molecule has 1 saturated carbocycles. The number of guanidine groups is 1. The smallest absolute Gasteiger partial charge is 0.189 e. The predicted molar refractivity (Wildman–Crippen MR) is 114 cm³/mol. The molecule has 1 aromatic rings. The number of rotatable bonds is 8. The van der Waals surface area contributed by atoms with Gasteiger partial charge in [-0.2, -0.15) is 0 Å². The lowest BCUT2D eigenvalue weighted by molar-refractivity contribution is 0.110. The van der Waals surface area contributed by atoms with Crippen molar-refractivity contribution in [2.24, 2.45) is 10.7 Å². The SMILES string of the molecule is CCOCCOc1cc(C)ccc1CN=C(N)NC1CCCCC1.I. The molecule has 0 aromatic heterocycles. The first-order valence-corrected chi connectivity index (χ1v) is 9.05. The Morgan fingerprint density at radius 1 is 1.24 bits per heavy atom. The maximum absolute atomic E-state index is 6.05. The molecule has 0 amide bonds. The Morgan fingerprint density at radius 3 is 2.72 bits per heavy atom. The zero-order chi connectivity index (χ0) is 17.2. The van der Waals surface area contributed by atoms with Gasteiger partial charge in [0.1, 0.15) is 12.4 Å². The first kappa shape index (κ1) is 22.0. The molecule has 0 spiro atoms. The minimum Gasteiger partial charge on any atom is -0.491 e. The number of halogens is 1. The van der Waals surface area contributed by atoms with Crippen molar-refractivity contribution in [2.45, 2.75) is 58.5 Å². The number of hydrogen-bond acceptors (Lipinski definition) is 3. The molecule has 1 aromatic carbocycles. The van der Waals surface area contributed by atoms with Crippen LogP contribution in [0, 0.1) is 6.92 Å². The molecular formula is C19H32IN3O2. The first-order valence-electron chi connectivity index (χ1n) is 9.05. The van der Waals surface area contributed by atoms with Crippen LogP contribution in [0.2, 0.25) is 0 Å². The molecule has 0 saturated heterocycles. The number of hydrogen-bond donors (Lipinski definition) is 2. The van der Waals surface area contributed by atoms with Crippen molar-refractivity contribution >= 4 is 29.9 Å². The summed E-state index contributed by atoms with van der Waals surface area (Å²) in [5.41, 5.74) is 8.27. The van der Waals surface area contributed by atoms with Crippen LogP contribution in [0.15, 0.2) is 23.2 Å². The van der Waals surface area contributed by atoms with E-state index in [1.165, 1.54) is 37.7 Å². The predicted octanol–water partition coefficient (Wildman–Crippen LogP) is 3.77. The van der Waals surface area contributed by atoms with Crippen molar-refractivity contribution in [2.75, 3.05) is 19.8 Å². The van der Waals surface area contributed by atoms with Crippen molar-refractivity contribution in [1.29, 1.82) is 0 Å². The van der Waals surface area contributed by atoms with Crippen molar-refractivity contribution < 1.29 is 9.47 Å². The lowest BCUT2D eigenvalue weighted by Crippen LogP contribution is -2.41. The summed E-state index contributed by atoms with van der Waals surface area (Å²) in [6.07, 6.45) is 6.27. The molecule has 1 aliphatic carbocycles. The number of nitrogens with zero attached hydrogens (tertiary/aromatic N) is 1. The number of aliphatic imine (C=N–C) groups is 1. The Balaban J connectivity index is 0.00000312. The third-order valence-corrected chi connectivity index (χ3v) is 4.29. The highest BCUT2D eigenvalue weighted by molar-refractivity contribution is 14.0. The van der Waals surface area contributed by atoms with Crippen molar-refractivity contribution in [3.8, 4) is 5.75 Å². The average Bonchev–Trinajstić information content (AvgIpc) is 2.59. The fraction of sp³-hybridized carbons (Fsp3) is 0.632. The van der Waals surface area contributed by atoms with Gasteiger partial charge < -0.3 is 20.5 Å². The van der Waals surface area contributed by atoms with E-state index < -0.39 is 0 Å². The fourth-order valence-corrected chi connectivity index (χ4v) is 2.95. The number of nitrogens with two attached hydrogens (primary N) is 1. The van der Waals surface area contributed by atoms with Crippen LogP contribution < -0.4 is 15.8 Å². The Labute approximate surface area is 168 Å². The summed E-state index contributed by atoms with van der Waals surface area (Å²) in [5.74, 6) is 1.40. The quantitative estimate of drug-likeness (QED) is 0.268. The van der Waals surface area contributed by atoms with Gasteiger partial charge in [0.05, 0.1) is 13.2 Å². The molecule has 2 rings (SSSR count). The zero-order valence-corrected chi connectivity index (χ0v) is 17.8. The first-order chi connectivity index (χ1) is 11.7. The van der Waals surface area contributed by atoms with E-state index in [4.69, 9.17) is 15.2 Å². The van der Waals surface area contributed by atoms with Crippen molar-refractivity contribution in [1.82, 2.24) is 5.32 Å². The summed E-state index contributed by atoms with van der Waals surface area (Å²) in [4.78, 5) is 4.50. The van der Waals surface area contributed by atoms with Crippen LogP contribution in [0.25, 0.3) is 0 Å². The van der Waals surface area contributed by atoms with Gasteiger partial charge in [-0.15, -0.1) is 24.0 Å². The maximum Gasteiger partial charge on any atom is 0.189 e. The summed E-state index contributed by atoms with van der Waals surface area (Å²) in [6, 6.07) is 6.65. The van der Waals surface area contributed by atoms with Gasteiger partial charge in [-0.05, 0) is 38.3 Å². The summed E-state index contributed by atoms with van der Waals surface area (Å²) < 4.78 is 11.2. The second kappa shape index (κ2) is 12.4. The standard InChI is InChI=1S/C19H31N3O2.HI/c1-3-23-11-12-24-18-13-15(2)9-10-16(18)14-21-19(20)22-17-7-5-4-6-8-17;/h9-10,13,17H,3-8,11-12,14H2,1-2H3,(H3,20,21,22);1H. The van der Waals surface area contributed by atoms with Crippen LogP contribution in [0.5, 0.6) is 5.75 Å². The molecule has 0 heterocycles. The summed E-state index contributed by atoms with van der Waals surface area (Å²) in [5, 5.41) is 3.35. The monoisotopic (exact) mass is 461 g/mol. The molecule has 0 aliphatic heterocycles. The molecule has 5 nitrogen and oxygen atoms in total. The Hall–Kier alpha value is -1.02. The maximum atomic E-state index is 6.05. The van der Waals surface area contributed by atoms with Crippen molar-refractivity contribution in [3.05, 3.63) is 29.3 Å². The zero-order valence-electron chi connectivity index (χ0n) is 15.4. The van der Waals surface area contributed by atoms with Crippen LogP contribution >= 0.6 is 24.0 Å². The number of benzene rings is 1. The Bertz CT molecular complexity index is 531. The van der Waals surface area contributed by atoms with Gasteiger partial charge in [0, 0.05) is 18.2 Å². The molecule has 6 heteroatoms. The molecule has 0 unspecified atom stereocenters. The normalized spacial score (nSPS) is 15.5. The minimum absolute atomic E-state index is 0. The molecule has 1 aliphatic rings. The molecule has 0 atom stereocenters. The molecular weight excluding hydrogens is 429 g/mol. The molecule has 142 valence electrons. The van der Waals surface area contributed by atoms with Gasteiger partial charge >= 0.3 is 0 Å². The van der Waals surface area contributed by atoms with E-state index in [0.29, 0.717) is 38.4 Å². The van der Waals surface area contributed by atoms with E-state index in [-0.39, 0.29) is 24.0 Å². The van der Waals surface area contributed by atoms with Crippen LogP contribution in [0.4, 0.5) is 0 Å². The van der Waals surface area contributed by atoms with E-state index in [0.717, 1.165) is 11.3 Å². The molecule has 0 radical (unpaired) electrons. The number of ether oxygens (including phenoxy) is 2. The highest BCUT2D eigenvalue weighted by Crippen LogP contribution is 2.21. The van der Waals surface area contributed by atoms with Gasteiger partial charge in [0.15, 0.2) is 5.96 Å². The van der Waals surface area contributed by atoms with Gasteiger partial charge in [-0.25, -0.2) is 4.99 Å². The van der Waals surface area contributed by atoms with Crippen LogP contribution in [0.1, 0.15) is 50.2 Å². The van der Waals surface area contributed by atoms with Gasteiger partial charge in [-0.1, -0.05) is 31.4 Å². The summed E-state index contributed by atoms with van der Waals surface area (Å²) in [6.45, 7) is 6.41.